The predicted molar refractivity (Wildman–Crippen MR) is 61.4 cm³/mol. The van der Waals surface area contributed by atoms with Crippen molar-refractivity contribution in [1.82, 2.24) is 10.4 Å². The molecule has 0 spiro atoms. The Bertz CT molecular complexity index is 209. The number of amides is 1. The van der Waals surface area contributed by atoms with Crippen LogP contribution in [0.2, 0.25) is 0 Å². The lowest BCUT2D eigenvalue weighted by atomic mass is 10.1. The maximum absolute atomic E-state index is 11.6. The fourth-order valence-electron chi connectivity index (χ4n) is 0.838. The molecule has 15 heavy (non-hydrogen) atoms. The van der Waals surface area contributed by atoms with E-state index in [1.165, 1.54) is 5.01 Å². The van der Waals surface area contributed by atoms with Gasteiger partial charge in [0.05, 0.1) is 0 Å². The molecule has 0 heterocycles. The summed E-state index contributed by atoms with van der Waals surface area (Å²) in [5.41, 5.74) is 2.61. The van der Waals surface area contributed by atoms with E-state index in [0.717, 1.165) is 0 Å². The Labute approximate surface area is 92.9 Å². The van der Waals surface area contributed by atoms with Gasteiger partial charge in [0.1, 0.15) is 5.60 Å². The zero-order valence-electron chi connectivity index (χ0n) is 10.9. The van der Waals surface area contributed by atoms with Crippen LogP contribution >= 0.6 is 0 Å². The van der Waals surface area contributed by atoms with Gasteiger partial charge in [-0.25, -0.2) is 15.2 Å². The maximum atomic E-state index is 11.6. The van der Waals surface area contributed by atoms with E-state index < -0.39 is 5.60 Å². The van der Waals surface area contributed by atoms with Crippen LogP contribution in [0.1, 0.15) is 41.5 Å². The largest absolute Gasteiger partial charge is 0.443 e. The number of nitrogens with zero attached hydrogens (tertiary/aromatic N) is 1. The number of rotatable bonds is 3. The first kappa shape index (κ1) is 14.2. The van der Waals surface area contributed by atoms with Gasteiger partial charge in [0.15, 0.2) is 0 Å². The predicted octanol–water partition coefficient (Wildman–Crippen LogP) is 2.40. The number of carbonyl (C=O) groups is 1. The van der Waals surface area contributed by atoms with Crippen molar-refractivity contribution in [1.29, 1.82) is 0 Å². The average molecular weight is 216 g/mol. The minimum absolute atomic E-state index is 0.238. The topological polar surface area (TPSA) is 41.6 Å². The number of hydrogen-bond acceptors (Lipinski definition) is 3. The lowest BCUT2D eigenvalue weighted by molar-refractivity contribution is 0.0157. The fraction of sp³-hybridized carbons (Fsp3) is 0.909. The monoisotopic (exact) mass is 216 g/mol. The molecule has 0 bridgehead atoms. The summed E-state index contributed by atoms with van der Waals surface area (Å²) in [5, 5.41) is 1.40. The molecule has 0 aromatic heterocycles. The summed E-state index contributed by atoms with van der Waals surface area (Å²) >= 11 is 0. The molecule has 0 saturated heterocycles. The van der Waals surface area contributed by atoms with E-state index in [9.17, 15) is 4.79 Å². The highest BCUT2D eigenvalue weighted by Crippen LogP contribution is 2.09. The molecule has 90 valence electrons. The normalized spacial score (nSPS) is 13.9. The summed E-state index contributed by atoms with van der Waals surface area (Å²) in [6, 6.07) is 0.238. The van der Waals surface area contributed by atoms with Crippen molar-refractivity contribution in [2.24, 2.45) is 5.92 Å². The molecule has 1 N–H and O–H groups in total. The summed E-state index contributed by atoms with van der Waals surface area (Å²) in [4.78, 5) is 11.6. The van der Waals surface area contributed by atoms with Crippen LogP contribution in [0.3, 0.4) is 0 Å². The van der Waals surface area contributed by atoms with Gasteiger partial charge in [-0.1, -0.05) is 13.8 Å². The number of hydrazine groups is 1. The molecule has 0 saturated carbocycles. The van der Waals surface area contributed by atoms with Crippen LogP contribution in [0.5, 0.6) is 0 Å². The Morgan fingerprint density at radius 1 is 1.27 bits per heavy atom. The first-order chi connectivity index (χ1) is 6.63. The quantitative estimate of drug-likeness (QED) is 0.737. The summed E-state index contributed by atoms with van der Waals surface area (Å²) in [5.74, 6) is 0.467. The molecule has 0 fully saturated rings. The third kappa shape index (κ3) is 6.33. The van der Waals surface area contributed by atoms with Gasteiger partial charge in [0.2, 0.25) is 0 Å². The second kappa shape index (κ2) is 5.35. The highest BCUT2D eigenvalue weighted by Gasteiger charge is 2.21. The Hall–Kier alpha value is -0.770. The van der Waals surface area contributed by atoms with E-state index in [4.69, 9.17) is 4.74 Å². The maximum Gasteiger partial charge on any atom is 0.424 e. The summed E-state index contributed by atoms with van der Waals surface area (Å²) < 4.78 is 5.20. The van der Waals surface area contributed by atoms with E-state index in [1.54, 1.807) is 7.05 Å². The van der Waals surface area contributed by atoms with Crippen molar-refractivity contribution in [2.75, 3.05) is 7.05 Å². The molecule has 0 aliphatic heterocycles. The second-order valence-corrected chi connectivity index (χ2v) is 5.20. The second-order valence-electron chi connectivity index (χ2n) is 5.20. The molecule has 0 aliphatic rings. The molecule has 0 radical (unpaired) electrons. The molecule has 0 aliphatic carbocycles. The lowest BCUT2D eigenvalue weighted by Gasteiger charge is -2.28. The van der Waals surface area contributed by atoms with Crippen LogP contribution in [0.15, 0.2) is 0 Å². The minimum Gasteiger partial charge on any atom is -0.443 e. The van der Waals surface area contributed by atoms with Crippen molar-refractivity contribution in [3.8, 4) is 0 Å². The summed E-state index contributed by atoms with van der Waals surface area (Å²) in [6.45, 7) is 11.8. The molecule has 0 aromatic carbocycles. The highest BCUT2D eigenvalue weighted by molar-refractivity contribution is 5.67. The Balaban J connectivity index is 4.11. The molecular formula is C11H24N2O2. The highest BCUT2D eigenvalue weighted by atomic mass is 16.6. The zero-order chi connectivity index (χ0) is 12.2. The van der Waals surface area contributed by atoms with Crippen LogP contribution in [-0.4, -0.2) is 29.8 Å². The molecule has 4 heteroatoms. The molecule has 0 rings (SSSR count). The van der Waals surface area contributed by atoms with E-state index in [2.05, 4.69) is 19.3 Å². The van der Waals surface area contributed by atoms with Crippen LogP contribution in [0, 0.1) is 5.92 Å². The summed E-state index contributed by atoms with van der Waals surface area (Å²) in [6.07, 6.45) is -0.352. The van der Waals surface area contributed by atoms with E-state index in [-0.39, 0.29) is 12.1 Å². The van der Waals surface area contributed by atoms with Crippen LogP contribution in [0.4, 0.5) is 4.79 Å². The number of nitrogens with one attached hydrogen (secondary N) is 1. The first-order valence-corrected chi connectivity index (χ1v) is 5.36. The Kier molecular flexibility index (Phi) is 5.08. The van der Waals surface area contributed by atoms with Crippen LogP contribution < -0.4 is 5.43 Å². The van der Waals surface area contributed by atoms with Crippen LogP contribution in [-0.2, 0) is 4.74 Å². The smallest absolute Gasteiger partial charge is 0.424 e. The third-order valence-electron chi connectivity index (χ3n) is 2.06. The standard InChI is InChI=1S/C11H24N2O2/c1-8(2)9(3)12-13(7)10(14)15-11(4,5)6/h8-9,12H,1-7H3. The van der Waals surface area contributed by atoms with E-state index in [0.29, 0.717) is 5.92 Å². The van der Waals surface area contributed by atoms with Crippen molar-refractivity contribution in [3.63, 3.8) is 0 Å². The van der Waals surface area contributed by atoms with Gasteiger partial charge in [-0.3, -0.25) is 0 Å². The van der Waals surface area contributed by atoms with Crippen LogP contribution in [0.25, 0.3) is 0 Å². The minimum atomic E-state index is -0.450. The van der Waals surface area contributed by atoms with Crippen molar-refractivity contribution >= 4 is 6.09 Å². The summed E-state index contributed by atoms with van der Waals surface area (Å²) in [7, 11) is 1.67. The van der Waals surface area contributed by atoms with Gasteiger partial charge in [0, 0.05) is 13.1 Å². The molecular weight excluding hydrogens is 192 g/mol. The van der Waals surface area contributed by atoms with Gasteiger partial charge >= 0.3 is 6.09 Å². The molecule has 4 nitrogen and oxygen atoms in total. The Morgan fingerprint density at radius 2 is 1.73 bits per heavy atom. The van der Waals surface area contributed by atoms with Gasteiger partial charge in [-0.2, -0.15) is 0 Å². The van der Waals surface area contributed by atoms with Crippen molar-refractivity contribution in [2.45, 2.75) is 53.2 Å². The van der Waals surface area contributed by atoms with Crippen molar-refractivity contribution < 1.29 is 9.53 Å². The third-order valence-corrected chi connectivity index (χ3v) is 2.06. The van der Waals surface area contributed by atoms with Crippen molar-refractivity contribution in [3.05, 3.63) is 0 Å². The van der Waals surface area contributed by atoms with Gasteiger partial charge in [0.25, 0.3) is 0 Å². The number of ether oxygens (including phenoxy) is 1. The number of carbonyl (C=O) groups excluding carboxylic acids is 1. The molecule has 1 amide bonds. The first-order valence-electron chi connectivity index (χ1n) is 5.36. The Morgan fingerprint density at radius 3 is 2.07 bits per heavy atom. The average Bonchev–Trinajstić information content (AvgIpc) is 2.00. The SMILES string of the molecule is CC(C)C(C)NN(C)C(=O)OC(C)(C)C. The van der Waals surface area contributed by atoms with Gasteiger partial charge in [-0.15, -0.1) is 0 Å². The van der Waals surface area contributed by atoms with E-state index in [1.807, 2.05) is 27.7 Å². The van der Waals surface area contributed by atoms with Gasteiger partial charge in [-0.05, 0) is 33.6 Å². The number of hydrogen-bond donors (Lipinski definition) is 1. The zero-order valence-corrected chi connectivity index (χ0v) is 10.9. The molecule has 1 unspecified atom stereocenters. The molecule has 0 aromatic rings. The van der Waals surface area contributed by atoms with Gasteiger partial charge < -0.3 is 4.74 Å². The lowest BCUT2D eigenvalue weighted by Crippen LogP contribution is -2.48. The fourth-order valence-corrected chi connectivity index (χ4v) is 0.838. The molecule has 1 atom stereocenters. The van der Waals surface area contributed by atoms with E-state index >= 15 is 0 Å².